The molecule has 0 aromatic carbocycles. The van der Waals surface area contributed by atoms with E-state index in [0.29, 0.717) is 5.92 Å². The van der Waals surface area contributed by atoms with E-state index in [1.165, 1.54) is 25.2 Å². The second-order valence-electron chi connectivity index (χ2n) is 5.47. The molecule has 106 valence electrons. The van der Waals surface area contributed by atoms with Crippen molar-refractivity contribution in [3.05, 3.63) is 30.1 Å². The maximum absolute atomic E-state index is 4.14. The normalized spacial score (nSPS) is 18.4. The number of pyridine rings is 1. The van der Waals surface area contributed by atoms with Gasteiger partial charge in [-0.15, -0.1) is 0 Å². The Balaban J connectivity index is 1.55. The van der Waals surface area contributed by atoms with Crippen LogP contribution in [0.2, 0.25) is 0 Å². The van der Waals surface area contributed by atoms with Gasteiger partial charge in [0.25, 0.3) is 0 Å². The fourth-order valence-corrected chi connectivity index (χ4v) is 2.53. The van der Waals surface area contributed by atoms with Crippen molar-refractivity contribution < 1.29 is 0 Å². The first-order valence-electron chi connectivity index (χ1n) is 7.37. The van der Waals surface area contributed by atoms with Crippen LogP contribution in [0, 0.1) is 5.92 Å². The first kappa shape index (κ1) is 14.4. The quantitative estimate of drug-likeness (QED) is 0.712. The standard InChI is InChI=1S/C15H26N4/c1-14(13-19-9-7-16-8-10-19)11-18-6-4-15-3-2-5-17-12-15/h2-3,5,12,14,16,18H,4,6-11,13H2,1H3. The van der Waals surface area contributed by atoms with Crippen molar-refractivity contribution in [3.8, 4) is 0 Å². The summed E-state index contributed by atoms with van der Waals surface area (Å²) in [6, 6.07) is 4.14. The zero-order valence-corrected chi connectivity index (χ0v) is 11.9. The largest absolute Gasteiger partial charge is 0.316 e. The molecule has 19 heavy (non-hydrogen) atoms. The van der Waals surface area contributed by atoms with Crippen LogP contribution in [0.4, 0.5) is 0 Å². The summed E-state index contributed by atoms with van der Waals surface area (Å²) < 4.78 is 0. The van der Waals surface area contributed by atoms with Crippen molar-refractivity contribution in [3.63, 3.8) is 0 Å². The number of rotatable bonds is 7. The lowest BCUT2D eigenvalue weighted by atomic mass is 10.1. The van der Waals surface area contributed by atoms with Crippen molar-refractivity contribution in [1.82, 2.24) is 20.5 Å². The van der Waals surface area contributed by atoms with Gasteiger partial charge >= 0.3 is 0 Å². The Morgan fingerprint density at radius 2 is 2.26 bits per heavy atom. The van der Waals surface area contributed by atoms with Crippen LogP contribution in [0.15, 0.2) is 24.5 Å². The summed E-state index contributed by atoms with van der Waals surface area (Å²) in [5.41, 5.74) is 1.31. The van der Waals surface area contributed by atoms with Gasteiger partial charge in [-0.2, -0.15) is 0 Å². The Kier molecular flexibility index (Phi) is 6.27. The van der Waals surface area contributed by atoms with Gasteiger partial charge < -0.3 is 15.5 Å². The molecular formula is C15H26N4. The van der Waals surface area contributed by atoms with Gasteiger partial charge in [-0.1, -0.05) is 13.0 Å². The van der Waals surface area contributed by atoms with E-state index >= 15 is 0 Å². The van der Waals surface area contributed by atoms with Crippen LogP contribution >= 0.6 is 0 Å². The average Bonchev–Trinajstić information content (AvgIpc) is 2.46. The van der Waals surface area contributed by atoms with Gasteiger partial charge in [0.15, 0.2) is 0 Å². The van der Waals surface area contributed by atoms with Crippen LogP contribution in [0.3, 0.4) is 0 Å². The molecule has 1 fully saturated rings. The average molecular weight is 262 g/mol. The Bertz CT molecular complexity index is 335. The molecule has 0 bridgehead atoms. The molecule has 1 aromatic rings. The topological polar surface area (TPSA) is 40.2 Å². The van der Waals surface area contributed by atoms with Crippen molar-refractivity contribution in [2.75, 3.05) is 45.8 Å². The highest BCUT2D eigenvalue weighted by atomic mass is 15.2. The number of piperazine rings is 1. The molecule has 2 N–H and O–H groups in total. The van der Waals surface area contributed by atoms with Crippen LogP contribution in [-0.2, 0) is 6.42 Å². The Hall–Kier alpha value is -0.970. The van der Waals surface area contributed by atoms with Crippen LogP contribution in [0.5, 0.6) is 0 Å². The van der Waals surface area contributed by atoms with E-state index in [9.17, 15) is 0 Å². The molecule has 0 radical (unpaired) electrons. The predicted molar refractivity (Wildman–Crippen MR) is 79.3 cm³/mol. The maximum atomic E-state index is 4.14. The van der Waals surface area contributed by atoms with Gasteiger partial charge in [0.05, 0.1) is 0 Å². The van der Waals surface area contributed by atoms with E-state index in [2.05, 4.69) is 33.5 Å². The van der Waals surface area contributed by atoms with Gasteiger partial charge in [-0.3, -0.25) is 4.98 Å². The van der Waals surface area contributed by atoms with Gasteiger partial charge in [0.2, 0.25) is 0 Å². The Morgan fingerprint density at radius 1 is 1.42 bits per heavy atom. The van der Waals surface area contributed by atoms with Crippen LogP contribution in [0.1, 0.15) is 12.5 Å². The summed E-state index contributed by atoms with van der Waals surface area (Å²) in [5.74, 6) is 0.715. The summed E-state index contributed by atoms with van der Waals surface area (Å²) in [6.45, 7) is 10.4. The molecule has 1 aliphatic rings. The number of hydrogen-bond acceptors (Lipinski definition) is 4. The third-order valence-electron chi connectivity index (χ3n) is 3.59. The van der Waals surface area contributed by atoms with E-state index in [1.54, 1.807) is 0 Å². The molecule has 0 aliphatic carbocycles. The predicted octanol–water partition coefficient (Wildman–Crippen LogP) is 0.755. The lowest BCUT2D eigenvalue weighted by molar-refractivity contribution is 0.209. The number of nitrogens with one attached hydrogen (secondary N) is 2. The zero-order chi connectivity index (χ0) is 13.3. The molecule has 2 rings (SSSR count). The lowest BCUT2D eigenvalue weighted by Crippen LogP contribution is -2.46. The van der Waals surface area contributed by atoms with Crippen molar-refractivity contribution in [2.24, 2.45) is 5.92 Å². The number of aromatic nitrogens is 1. The zero-order valence-electron chi connectivity index (χ0n) is 11.9. The third-order valence-corrected chi connectivity index (χ3v) is 3.59. The number of hydrogen-bond donors (Lipinski definition) is 2. The molecular weight excluding hydrogens is 236 g/mol. The van der Waals surface area contributed by atoms with Gasteiger partial charge in [0, 0.05) is 45.1 Å². The monoisotopic (exact) mass is 262 g/mol. The SMILES string of the molecule is CC(CNCCc1cccnc1)CN1CCNCC1. The van der Waals surface area contributed by atoms with Gasteiger partial charge in [-0.25, -0.2) is 0 Å². The van der Waals surface area contributed by atoms with Crippen molar-refractivity contribution >= 4 is 0 Å². The Morgan fingerprint density at radius 3 is 3.00 bits per heavy atom. The van der Waals surface area contributed by atoms with E-state index in [-0.39, 0.29) is 0 Å². The smallest absolute Gasteiger partial charge is 0.0300 e. The summed E-state index contributed by atoms with van der Waals surface area (Å²) in [5, 5.41) is 6.95. The molecule has 0 amide bonds. The molecule has 0 spiro atoms. The molecule has 0 saturated carbocycles. The molecule has 4 nitrogen and oxygen atoms in total. The Labute approximate surface area is 116 Å². The second-order valence-corrected chi connectivity index (χ2v) is 5.47. The summed E-state index contributed by atoms with van der Waals surface area (Å²) in [6.07, 6.45) is 4.84. The van der Waals surface area contributed by atoms with E-state index in [1.807, 2.05) is 18.5 Å². The molecule has 1 aliphatic heterocycles. The first-order valence-corrected chi connectivity index (χ1v) is 7.37. The van der Waals surface area contributed by atoms with Crippen LogP contribution in [-0.4, -0.2) is 55.7 Å². The summed E-state index contributed by atoms with van der Waals surface area (Å²) in [4.78, 5) is 6.69. The second kappa shape index (κ2) is 8.25. The molecule has 1 aromatic heterocycles. The minimum atomic E-state index is 0.715. The van der Waals surface area contributed by atoms with Gasteiger partial charge in [0.1, 0.15) is 0 Å². The first-order chi connectivity index (χ1) is 9.34. The lowest BCUT2D eigenvalue weighted by Gasteiger charge is -2.29. The summed E-state index contributed by atoms with van der Waals surface area (Å²) >= 11 is 0. The van der Waals surface area contributed by atoms with E-state index in [0.717, 1.165) is 32.6 Å². The fraction of sp³-hybridized carbons (Fsp3) is 0.667. The summed E-state index contributed by atoms with van der Waals surface area (Å²) in [7, 11) is 0. The highest BCUT2D eigenvalue weighted by Crippen LogP contribution is 2.01. The van der Waals surface area contributed by atoms with Crippen LogP contribution < -0.4 is 10.6 Å². The molecule has 1 atom stereocenters. The number of nitrogens with zero attached hydrogens (tertiary/aromatic N) is 2. The molecule has 1 unspecified atom stereocenters. The highest BCUT2D eigenvalue weighted by Gasteiger charge is 2.12. The van der Waals surface area contributed by atoms with E-state index in [4.69, 9.17) is 0 Å². The minimum absolute atomic E-state index is 0.715. The molecule has 2 heterocycles. The fourth-order valence-electron chi connectivity index (χ4n) is 2.53. The van der Waals surface area contributed by atoms with Gasteiger partial charge in [-0.05, 0) is 37.1 Å². The third kappa shape index (κ3) is 5.68. The maximum Gasteiger partial charge on any atom is 0.0300 e. The minimum Gasteiger partial charge on any atom is -0.316 e. The van der Waals surface area contributed by atoms with E-state index < -0.39 is 0 Å². The molecule has 1 saturated heterocycles. The van der Waals surface area contributed by atoms with Crippen molar-refractivity contribution in [2.45, 2.75) is 13.3 Å². The van der Waals surface area contributed by atoms with Crippen molar-refractivity contribution in [1.29, 1.82) is 0 Å². The highest BCUT2D eigenvalue weighted by molar-refractivity contribution is 5.08. The van der Waals surface area contributed by atoms with Crippen LogP contribution in [0.25, 0.3) is 0 Å². The molecule has 4 heteroatoms.